The van der Waals surface area contributed by atoms with Gasteiger partial charge in [-0.25, -0.2) is 0 Å². The van der Waals surface area contributed by atoms with E-state index in [2.05, 4.69) is 75.7 Å². The Hall–Kier alpha value is -3.90. The molecule has 0 fully saturated rings. The minimum atomic E-state index is 0.633. The third-order valence-corrected chi connectivity index (χ3v) is 6.81. The molecular weight excluding hydrogens is 392 g/mol. The molecule has 3 nitrogen and oxygen atoms in total. The molecule has 0 radical (unpaired) electrons. The number of hydrogen-bond acceptors (Lipinski definition) is 2. The van der Waals surface area contributed by atoms with Crippen LogP contribution in [0.25, 0.3) is 44.3 Å². The van der Waals surface area contributed by atoms with Gasteiger partial charge < -0.3 is 4.42 Å². The highest BCUT2D eigenvalue weighted by molar-refractivity contribution is 6.15. The zero-order valence-corrected chi connectivity index (χ0v) is 19.1. The normalized spacial score (nSPS) is 11.2. The summed E-state index contributed by atoms with van der Waals surface area (Å²) in [6.45, 7) is 8.59. The lowest BCUT2D eigenvalue weighted by Gasteiger charge is -2.10. The van der Waals surface area contributed by atoms with Crippen LogP contribution in [-0.2, 0) is 7.05 Å². The maximum absolute atomic E-state index is 9.87. The fourth-order valence-electron chi connectivity index (χ4n) is 4.67. The monoisotopic (exact) mass is 417 g/mol. The van der Waals surface area contributed by atoms with E-state index in [4.69, 9.17) is 4.42 Å². The van der Waals surface area contributed by atoms with Crippen molar-refractivity contribution in [2.75, 3.05) is 0 Å². The van der Waals surface area contributed by atoms with Gasteiger partial charge in [0, 0.05) is 34.9 Å². The summed E-state index contributed by atoms with van der Waals surface area (Å²) in [6, 6.07) is 22.9. The zero-order chi connectivity index (χ0) is 22.6. The number of fused-ring (bicyclic) bond motifs is 3. The molecule has 32 heavy (non-hydrogen) atoms. The Morgan fingerprint density at radius 1 is 0.844 bits per heavy atom. The van der Waals surface area contributed by atoms with E-state index in [0.29, 0.717) is 5.56 Å². The van der Waals surface area contributed by atoms with Gasteiger partial charge >= 0.3 is 0 Å². The summed E-state index contributed by atoms with van der Waals surface area (Å²) >= 11 is 0. The second kappa shape index (κ2) is 7.35. The van der Waals surface area contributed by atoms with E-state index in [0.717, 1.165) is 49.9 Å². The number of pyridine rings is 1. The number of hydrogen-bond donors (Lipinski definition) is 0. The van der Waals surface area contributed by atoms with Crippen LogP contribution in [0.15, 0.2) is 65.1 Å². The number of benzene rings is 3. The molecule has 0 unspecified atom stereocenters. The summed E-state index contributed by atoms with van der Waals surface area (Å²) in [4.78, 5) is 0. The summed E-state index contributed by atoms with van der Waals surface area (Å²) in [7, 11) is 2.11. The van der Waals surface area contributed by atoms with Gasteiger partial charge in [-0.3, -0.25) is 0 Å². The number of nitrogens with zero attached hydrogens (tertiary/aromatic N) is 2. The first-order chi connectivity index (χ1) is 15.4. The third-order valence-electron chi connectivity index (χ3n) is 6.81. The summed E-state index contributed by atoms with van der Waals surface area (Å²) in [5, 5.41) is 11.7. The maximum atomic E-state index is 9.87. The Balaban J connectivity index is 1.95. The van der Waals surface area contributed by atoms with Crippen LogP contribution in [0, 0.1) is 39.0 Å². The largest absolute Gasteiger partial charge is 0.454 e. The Bertz CT molecular complexity index is 1570. The van der Waals surface area contributed by atoms with Crippen molar-refractivity contribution in [2.45, 2.75) is 27.7 Å². The molecule has 0 N–H and O–H groups in total. The molecule has 0 saturated heterocycles. The van der Waals surface area contributed by atoms with Crippen LogP contribution in [0.2, 0.25) is 0 Å². The Morgan fingerprint density at radius 2 is 1.59 bits per heavy atom. The van der Waals surface area contributed by atoms with Gasteiger partial charge in [0.05, 0.1) is 17.2 Å². The van der Waals surface area contributed by atoms with Crippen LogP contribution in [0.4, 0.5) is 0 Å². The average Bonchev–Trinajstić information content (AvgIpc) is 3.20. The molecule has 5 aromatic rings. The molecule has 0 saturated carbocycles. The summed E-state index contributed by atoms with van der Waals surface area (Å²) in [5.74, 6) is 0. The van der Waals surface area contributed by atoms with Crippen LogP contribution < -0.4 is 4.57 Å². The van der Waals surface area contributed by atoms with Crippen molar-refractivity contribution in [1.82, 2.24) is 0 Å². The first-order valence-corrected chi connectivity index (χ1v) is 10.8. The average molecular weight is 418 g/mol. The van der Waals surface area contributed by atoms with Gasteiger partial charge in [0.15, 0.2) is 5.69 Å². The topological polar surface area (TPSA) is 40.8 Å². The van der Waals surface area contributed by atoms with Crippen molar-refractivity contribution < 1.29 is 8.98 Å². The molecule has 156 valence electrons. The molecule has 0 spiro atoms. The zero-order valence-electron chi connectivity index (χ0n) is 19.1. The minimum absolute atomic E-state index is 0.633. The molecule has 0 atom stereocenters. The smallest absolute Gasteiger partial charge is 0.216 e. The number of rotatable bonds is 2. The standard InChI is InChI=1S/C29H25N2O/c1-17-11-13-24-27-22(16-30)12-14-23(21-9-7-6-8-10-21)28(27)32-29(24)26(17)25-15-18(2)19(3)20(4)31(25)5/h6-15H,1-5H3/q+1. The van der Waals surface area contributed by atoms with Crippen molar-refractivity contribution >= 4 is 21.9 Å². The summed E-state index contributed by atoms with van der Waals surface area (Å²) in [5.41, 5.74) is 11.4. The van der Waals surface area contributed by atoms with Crippen LogP contribution in [0.5, 0.6) is 0 Å². The predicted molar refractivity (Wildman–Crippen MR) is 129 cm³/mol. The molecule has 0 aliphatic carbocycles. The fraction of sp³-hybridized carbons (Fsp3) is 0.172. The van der Waals surface area contributed by atoms with Crippen molar-refractivity contribution in [3.05, 3.63) is 88.6 Å². The second-order valence-electron chi connectivity index (χ2n) is 8.56. The summed E-state index contributed by atoms with van der Waals surface area (Å²) < 4.78 is 8.88. The molecular formula is C29H25N2O+. The van der Waals surface area contributed by atoms with Crippen molar-refractivity contribution in [2.24, 2.45) is 7.05 Å². The lowest BCUT2D eigenvalue weighted by atomic mass is 9.95. The van der Waals surface area contributed by atoms with E-state index in [1.807, 2.05) is 30.3 Å². The molecule has 3 aromatic carbocycles. The second-order valence-corrected chi connectivity index (χ2v) is 8.56. The Morgan fingerprint density at radius 3 is 2.31 bits per heavy atom. The molecule has 5 rings (SSSR count). The minimum Gasteiger partial charge on any atom is -0.454 e. The van der Waals surface area contributed by atoms with E-state index < -0.39 is 0 Å². The van der Waals surface area contributed by atoms with Gasteiger partial charge in [0.1, 0.15) is 18.2 Å². The first kappa shape index (κ1) is 20.0. The Labute approximate surface area is 188 Å². The molecule has 0 bridgehead atoms. The van der Waals surface area contributed by atoms with Gasteiger partial charge in [-0.05, 0) is 49.6 Å². The lowest BCUT2D eigenvalue weighted by molar-refractivity contribution is -0.667. The highest BCUT2D eigenvalue weighted by Gasteiger charge is 2.25. The van der Waals surface area contributed by atoms with E-state index in [1.54, 1.807) is 0 Å². The van der Waals surface area contributed by atoms with Gasteiger partial charge in [0.2, 0.25) is 5.69 Å². The number of aryl methyl sites for hydroxylation is 2. The number of nitriles is 1. The fourth-order valence-corrected chi connectivity index (χ4v) is 4.67. The first-order valence-electron chi connectivity index (χ1n) is 10.8. The summed E-state index contributed by atoms with van der Waals surface area (Å²) in [6.07, 6.45) is 0. The Kier molecular flexibility index (Phi) is 4.60. The van der Waals surface area contributed by atoms with E-state index in [9.17, 15) is 5.26 Å². The highest BCUT2D eigenvalue weighted by atomic mass is 16.3. The lowest BCUT2D eigenvalue weighted by Crippen LogP contribution is -2.36. The predicted octanol–water partition coefficient (Wildman–Crippen LogP) is 6.85. The maximum Gasteiger partial charge on any atom is 0.216 e. The molecule has 2 heterocycles. The SMILES string of the molecule is Cc1cc(-c2c(C)ccc3c2oc2c(-c4ccccc4)ccc(C#N)c23)[n+](C)c(C)c1C. The van der Waals surface area contributed by atoms with Crippen molar-refractivity contribution in [1.29, 1.82) is 5.26 Å². The van der Waals surface area contributed by atoms with Crippen LogP contribution in [-0.4, -0.2) is 0 Å². The van der Waals surface area contributed by atoms with Crippen molar-refractivity contribution in [3.63, 3.8) is 0 Å². The number of furan rings is 1. The van der Waals surface area contributed by atoms with E-state index in [1.165, 1.54) is 16.8 Å². The van der Waals surface area contributed by atoms with Crippen LogP contribution in [0.1, 0.15) is 27.9 Å². The van der Waals surface area contributed by atoms with Gasteiger partial charge in [0.25, 0.3) is 0 Å². The highest BCUT2D eigenvalue weighted by Crippen LogP contribution is 2.42. The molecule has 0 aliphatic heterocycles. The molecule has 0 amide bonds. The van der Waals surface area contributed by atoms with Crippen molar-refractivity contribution in [3.8, 4) is 28.5 Å². The number of aromatic nitrogens is 1. The van der Waals surface area contributed by atoms with E-state index in [-0.39, 0.29) is 0 Å². The third kappa shape index (κ3) is 2.84. The van der Waals surface area contributed by atoms with Crippen LogP contribution >= 0.6 is 0 Å². The molecule has 3 heteroatoms. The van der Waals surface area contributed by atoms with Gasteiger partial charge in [-0.15, -0.1) is 0 Å². The quantitative estimate of drug-likeness (QED) is 0.295. The van der Waals surface area contributed by atoms with E-state index >= 15 is 0 Å². The molecule has 2 aromatic heterocycles. The van der Waals surface area contributed by atoms with Crippen LogP contribution in [0.3, 0.4) is 0 Å². The van der Waals surface area contributed by atoms with Gasteiger partial charge in [-0.2, -0.15) is 9.83 Å². The molecule has 0 aliphatic rings. The van der Waals surface area contributed by atoms with Gasteiger partial charge in [-0.1, -0.05) is 42.5 Å².